The normalized spacial score (nSPS) is 10.4. The van der Waals surface area contributed by atoms with Gasteiger partial charge in [0.15, 0.2) is 0 Å². The van der Waals surface area contributed by atoms with Crippen LogP contribution in [0.5, 0.6) is 0 Å². The van der Waals surface area contributed by atoms with Gasteiger partial charge in [-0.25, -0.2) is 4.98 Å². The Labute approximate surface area is 102 Å². The first kappa shape index (κ1) is 11.3. The van der Waals surface area contributed by atoms with Gasteiger partial charge in [-0.3, -0.25) is 4.79 Å². The van der Waals surface area contributed by atoms with Crippen molar-refractivity contribution in [1.82, 2.24) is 9.88 Å². The molecule has 0 unspecified atom stereocenters. The Morgan fingerprint density at radius 3 is 2.75 bits per heavy atom. The van der Waals surface area contributed by atoms with Gasteiger partial charge in [0.1, 0.15) is 9.88 Å². The lowest BCUT2D eigenvalue weighted by Gasteiger charge is -2.07. The maximum atomic E-state index is 11.8. The van der Waals surface area contributed by atoms with Crippen LogP contribution >= 0.6 is 22.7 Å². The van der Waals surface area contributed by atoms with Gasteiger partial charge in [-0.05, 0) is 18.4 Å². The van der Waals surface area contributed by atoms with Crippen molar-refractivity contribution in [1.29, 1.82) is 0 Å². The number of nitrogens with zero attached hydrogens (tertiary/aromatic N) is 2. The van der Waals surface area contributed by atoms with Crippen LogP contribution in [0, 0.1) is 6.92 Å². The van der Waals surface area contributed by atoms with Crippen molar-refractivity contribution in [2.24, 2.45) is 0 Å². The summed E-state index contributed by atoms with van der Waals surface area (Å²) in [5.74, 6) is 0.0257. The molecule has 16 heavy (non-hydrogen) atoms. The molecule has 2 rings (SSSR count). The lowest BCUT2D eigenvalue weighted by molar-refractivity contribution is 0.0831. The summed E-state index contributed by atoms with van der Waals surface area (Å²) >= 11 is 3.10. The zero-order valence-corrected chi connectivity index (χ0v) is 11.0. The van der Waals surface area contributed by atoms with Crippen LogP contribution in [0.4, 0.5) is 0 Å². The first-order valence-electron chi connectivity index (χ1n) is 4.82. The highest BCUT2D eigenvalue weighted by Crippen LogP contribution is 2.31. The lowest BCUT2D eigenvalue weighted by atomic mass is 10.3. The summed E-state index contributed by atoms with van der Waals surface area (Å²) < 4.78 is 0. The summed E-state index contributed by atoms with van der Waals surface area (Å²) in [6.07, 6.45) is 0. The lowest BCUT2D eigenvalue weighted by Crippen LogP contribution is -2.21. The third-order valence-electron chi connectivity index (χ3n) is 2.13. The Morgan fingerprint density at radius 1 is 1.44 bits per heavy atom. The fourth-order valence-electron chi connectivity index (χ4n) is 1.30. The van der Waals surface area contributed by atoms with E-state index in [1.165, 1.54) is 11.3 Å². The van der Waals surface area contributed by atoms with E-state index in [2.05, 4.69) is 4.98 Å². The number of carbonyl (C=O) groups excluding carboxylic acids is 1. The third kappa shape index (κ3) is 2.01. The summed E-state index contributed by atoms with van der Waals surface area (Å²) in [6, 6.07) is 4.01. The van der Waals surface area contributed by atoms with Crippen molar-refractivity contribution in [3.63, 3.8) is 0 Å². The number of aromatic nitrogens is 1. The molecule has 0 aliphatic rings. The predicted molar refractivity (Wildman–Crippen MR) is 68.2 cm³/mol. The minimum absolute atomic E-state index is 0.0257. The van der Waals surface area contributed by atoms with E-state index in [-0.39, 0.29) is 5.91 Å². The Hall–Kier alpha value is -1.20. The fourth-order valence-corrected chi connectivity index (χ4v) is 3.19. The number of rotatable bonds is 2. The quantitative estimate of drug-likeness (QED) is 0.823. The van der Waals surface area contributed by atoms with Gasteiger partial charge in [-0.2, -0.15) is 0 Å². The summed E-state index contributed by atoms with van der Waals surface area (Å²) in [5.41, 5.74) is 0.812. The molecule has 2 aromatic heterocycles. The number of hydrogen-bond donors (Lipinski definition) is 0. The molecular formula is C11H12N2OS2. The number of thiophene rings is 1. The molecule has 2 heterocycles. The Kier molecular flexibility index (Phi) is 3.07. The number of hydrogen-bond acceptors (Lipinski definition) is 4. The molecule has 5 heteroatoms. The highest BCUT2D eigenvalue weighted by molar-refractivity contribution is 7.22. The summed E-state index contributed by atoms with van der Waals surface area (Å²) in [4.78, 5) is 19.7. The molecular weight excluding hydrogens is 240 g/mol. The van der Waals surface area contributed by atoms with E-state index in [0.717, 1.165) is 20.5 Å². The fraction of sp³-hybridized carbons (Fsp3) is 0.273. The van der Waals surface area contributed by atoms with Crippen molar-refractivity contribution in [2.75, 3.05) is 14.1 Å². The maximum absolute atomic E-state index is 11.8. The van der Waals surface area contributed by atoms with Gasteiger partial charge in [0.25, 0.3) is 5.91 Å². The zero-order chi connectivity index (χ0) is 11.7. The monoisotopic (exact) mass is 252 g/mol. The van der Waals surface area contributed by atoms with Crippen LogP contribution < -0.4 is 0 Å². The predicted octanol–water partition coefficient (Wildman–Crippen LogP) is 2.88. The second kappa shape index (κ2) is 4.35. The number of carbonyl (C=O) groups is 1. The van der Waals surface area contributed by atoms with E-state index >= 15 is 0 Å². The average molecular weight is 252 g/mol. The van der Waals surface area contributed by atoms with Crippen LogP contribution in [0.2, 0.25) is 0 Å². The molecule has 0 atom stereocenters. The highest BCUT2D eigenvalue weighted by Gasteiger charge is 2.17. The van der Waals surface area contributed by atoms with Crippen LogP contribution in [-0.2, 0) is 0 Å². The van der Waals surface area contributed by atoms with Gasteiger partial charge < -0.3 is 4.90 Å². The van der Waals surface area contributed by atoms with E-state index in [4.69, 9.17) is 0 Å². The van der Waals surface area contributed by atoms with Gasteiger partial charge in [0, 0.05) is 14.1 Å². The summed E-state index contributed by atoms with van der Waals surface area (Å²) in [5, 5.41) is 2.94. The van der Waals surface area contributed by atoms with Crippen LogP contribution in [0.25, 0.3) is 9.88 Å². The van der Waals surface area contributed by atoms with Crippen molar-refractivity contribution in [3.8, 4) is 9.88 Å². The third-order valence-corrected chi connectivity index (χ3v) is 4.31. The van der Waals surface area contributed by atoms with Crippen molar-refractivity contribution < 1.29 is 4.79 Å². The molecule has 0 saturated heterocycles. The number of aryl methyl sites for hydroxylation is 1. The van der Waals surface area contributed by atoms with Crippen LogP contribution in [0.1, 0.15) is 15.4 Å². The van der Waals surface area contributed by atoms with Gasteiger partial charge in [-0.15, -0.1) is 22.7 Å². The van der Waals surface area contributed by atoms with Crippen LogP contribution in [-0.4, -0.2) is 29.9 Å². The van der Waals surface area contributed by atoms with Crippen LogP contribution in [0.15, 0.2) is 17.5 Å². The smallest absolute Gasteiger partial charge is 0.265 e. The molecule has 3 nitrogen and oxygen atoms in total. The topological polar surface area (TPSA) is 33.2 Å². The molecule has 2 aromatic rings. The van der Waals surface area contributed by atoms with E-state index in [1.54, 1.807) is 30.3 Å². The van der Waals surface area contributed by atoms with Crippen molar-refractivity contribution in [2.45, 2.75) is 6.92 Å². The molecule has 0 saturated carbocycles. The summed E-state index contributed by atoms with van der Waals surface area (Å²) in [6.45, 7) is 1.88. The van der Waals surface area contributed by atoms with E-state index in [9.17, 15) is 4.79 Å². The number of thiazole rings is 1. The molecule has 0 spiro atoms. The Balaban J connectivity index is 2.40. The minimum atomic E-state index is 0.0257. The van der Waals surface area contributed by atoms with E-state index in [1.807, 2.05) is 24.4 Å². The summed E-state index contributed by atoms with van der Waals surface area (Å²) in [7, 11) is 3.51. The zero-order valence-electron chi connectivity index (χ0n) is 9.35. The molecule has 0 aliphatic carbocycles. The molecule has 1 amide bonds. The molecule has 0 bridgehead atoms. The Bertz CT molecular complexity index is 500. The van der Waals surface area contributed by atoms with Gasteiger partial charge >= 0.3 is 0 Å². The standard InChI is InChI=1S/C11H12N2OS2/c1-7-9(11(14)13(2)3)16-10(12-7)8-5-4-6-15-8/h4-6H,1-3H3. The van der Waals surface area contributed by atoms with Gasteiger partial charge in [0.2, 0.25) is 0 Å². The van der Waals surface area contributed by atoms with Crippen molar-refractivity contribution >= 4 is 28.6 Å². The van der Waals surface area contributed by atoms with E-state index in [0.29, 0.717) is 0 Å². The Morgan fingerprint density at radius 2 is 2.19 bits per heavy atom. The molecule has 0 radical (unpaired) electrons. The molecule has 0 N–H and O–H groups in total. The molecule has 0 aliphatic heterocycles. The molecule has 0 fully saturated rings. The molecule has 0 aromatic carbocycles. The van der Waals surface area contributed by atoms with Gasteiger partial charge in [0.05, 0.1) is 10.6 Å². The van der Waals surface area contributed by atoms with Gasteiger partial charge in [-0.1, -0.05) is 6.07 Å². The average Bonchev–Trinajstić information content (AvgIpc) is 2.84. The minimum Gasteiger partial charge on any atom is -0.344 e. The van der Waals surface area contributed by atoms with E-state index < -0.39 is 0 Å². The second-order valence-electron chi connectivity index (χ2n) is 3.61. The maximum Gasteiger partial charge on any atom is 0.265 e. The SMILES string of the molecule is Cc1nc(-c2cccs2)sc1C(=O)N(C)C. The first-order chi connectivity index (χ1) is 7.59. The first-order valence-corrected chi connectivity index (χ1v) is 6.52. The molecule has 84 valence electrons. The van der Waals surface area contributed by atoms with Crippen molar-refractivity contribution in [3.05, 3.63) is 28.1 Å². The highest BCUT2D eigenvalue weighted by atomic mass is 32.1. The second-order valence-corrected chi connectivity index (χ2v) is 5.56. The number of amides is 1. The largest absolute Gasteiger partial charge is 0.344 e. The van der Waals surface area contributed by atoms with Crippen LogP contribution in [0.3, 0.4) is 0 Å².